The van der Waals surface area contributed by atoms with E-state index in [9.17, 15) is 9.59 Å². The van der Waals surface area contributed by atoms with Gasteiger partial charge >= 0.3 is 0 Å². The van der Waals surface area contributed by atoms with Crippen LogP contribution < -0.4 is 15.2 Å². The van der Waals surface area contributed by atoms with Gasteiger partial charge in [0.15, 0.2) is 0 Å². The Kier molecular flexibility index (Phi) is 18.6. The number of pyridine rings is 1. The second-order valence-electron chi connectivity index (χ2n) is 13.1. The van der Waals surface area contributed by atoms with Gasteiger partial charge in [-0.1, -0.05) is 103 Å². The maximum Gasteiger partial charge on any atom is 0.257 e. The van der Waals surface area contributed by atoms with Crippen LogP contribution in [0.3, 0.4) is 0 Å². The van der Waals surface area contributed by atoms with Crippen molar-refractivity contribution in [3.8, 4) is 5.75 Å². The molecule has 0 amide bonds. The van der Waals surface area contributed by atoms with Crippen molar-refractivity contribution < 1.29 is 9.53 Å². The number of carbonyl (C=O) groups excluding carboxylic acids is 1. The van der Waals surface area contributed by atoms with E-state index >= 15 is 0 Å². The van der Waals surface area contributed by atoms with Gasteiger partial charge in [0, 0.05) is 44.7 Å². The van der Waals surface area contributed by atoms with Crippen molar-refractivity contribution >= 4 is 45.7 Å². The van der Waals surface area contributed by atoms with Crippen LogP contribution in [0.15, 0.2) is 114 Å². The summed E-state index contributed by atoms with van der Waals surface area (Å²) in [5, 5.41) is 2.05. The first-order chi connectivity index (χ1) is 25.5. The number of benzene rings is 2. The molecule has 0 bridgehead atoms. The van der Waals surface area contributed by atoms with E-state index in [2.05, 4.69) is 77.5 Å². The highest BCUT2D eigenvalue weighted by molar-refractivity contribution is 6.43. The second kappa shape index (κ2) is 23.7. The highest BCUT2D eigenvalue weighted by Gasteiger charge is 2.19. The molecular formula is C44H55Cl2N3O3. The molecule has 1 aliphatic rings. The number of allylic oxidation sites excluding steroid dienone is 10. The highest BCUT2D eigenvalue weighted by Crippen LogP contribution is 2.33. The third kappa shape index (κ3) is 13.9. The summed E-state index contributed by atoms with van der Waals surface area (Å²) in [4.78, 5) is 30.8. The van der Waals surface area contributed by atoms with Gasteiger partial charge in [0.1, 0.15) is 5.75 Å². The first-order valence-corrected chi connectivity index (χ1v) is 19.7. The number of halogens is 2. The lowest BCUT2D eigenvalue weighted by molar-refractivity contribution is 0.0901. The lowest BCUT2D eigenvalue weighted by atomic mass is 10.1. The minimum atomic E-state index is -0.308. The molecule has 6 nitrogen and oxygen atoms in total. The van der Waals surface area contributed by atoms with E-state index in [1.54, 1.807) is 6.07 Å². The Morgan fingerprint density at radius 2 is 1.38 bits per heavy atom. The molecule has 8 heteroatoms. The number of anilines is 1. The Hall–Kier alpha value is -3.84. The number of hydrogen-bond donors (Lipinski definition) is 0. The number of aromatic nitrogens is 1. The Balaban J connectivity index is 1.12. The van der Waals surface area contributed by atoms with E-state index in [-0.39, 0.29) is 11.5 Å². The lowest BCUT2D eigenvalue weighted by Gasteiger charge is -2.36. The molecule has 4 rings (SSSR count). The second-order valence-corrected chi connectivity index (χ2v) is 13.8. The van der Waals surface area contributed by atoms with Crippen molar-refractivity contribution in [2.24, 2.45) is 0 Å². The number of carbonyl (C=O) groups is 1. The minimum absolute atomic E-state index is 0.187. The molecule has 278 valence electrons. The number of fused-ring (bicyclic) bond motifs is 1. The van der Waals surface area contributed by atoms with Crippen LogP contribution in [0.4, 0.5) is 5.69 Å². The molecule has 1 fully saturated rings. The summed E-state index contributed by atoms with van der Waals surface area (Å²) in [6, 6.07) is 14.7. The third-order valence-corrected chi connectivity index (χ3v) is 9.85. The normalized spacial score (nSPS) is 14.4. The molecule has 2 aromatic carbocycles. The molecule has 1 aliphatic heterocycles. The molecule has 0 saturated carbocycles. The van der Waals surface area contributed by atoms with Gasteiger partial charge in [-0.3, -0.25) is 14.5 Å². The average molecular weight is 745 g/mol. The van der Waals surface area contributed by atoms with Crippen LogP contribution in [0.25, 0.3) is 10.9 Å². The Labute approximate surface area is 320 Å². The molecule has 0 spiro atoms. The number of unbranched alkanes of at least 4 members (excludes halogenated alkanes) is 3. The molecule has 2 heterocycles. The minimum Gasteiger partial charge on any atom is -0.494 e. The van der Waals surface area contributed by atoms with Crippen LogP contribution >= 0.6 is 23.2 Å². The van der Waals surface area contributed by atoms with Gasteiger partial charge in [-0.2, -0.15) is 0 Å². The van der Waals surface area contributed by atoms with Crippen LogP contribution in [-0.2, 0) is 0 Å². The van der Waals surface area contributed by atoms with Crippen LogP contribution in [0.2, 0.25) is 10.0 Å². The van der Waals surface area contributed by atoms with E-state index in [1.807, 2.05) is 36.4 Å². The van der Waals surface area contributed by atoms with Crippen molar-refractivity contribution in [1.29, 1.82) is 0 Å². The Bertz CT molecular complexity index is 1750. The molecule has 1 aromatic heterocycles. The molecule has 0 aliphatic carbocycles. The van der Waals surface area contributed by atoms with Gasteiger partial charge in [0.25, 0.3) is 5.56 Å². The summed E-state index contributed by atoms with van der Waals surface area (Å²) in [5.74, 6) is 0.481. The van der Waals surface area contributed by atoms with Crippen molar-refractivity contribution in [1.82, 2.24) is 9.47 Å². The zero-order valence-electron chi connectivity index (χ0n) is 30.7. The quantitative estimate of drug-likeness (QED) is 0.0803. The van der Waals surface area contributed by atoms with Gasteiger partial charge in [0.05, 0.1) is 27.9 Å². The number of nitrogens with zero attached hydrogens (tertiary/aromatic N) is 3. The predicted octanol–water partition coefficient (Wildman–Crippen LogP) is 11.2. The fourth-order valence-corrected chi connectivity index (χ4v) is 6.52. The maximum atomic E-state index is 13.2. The van der Waals surface area contributed by atoms with Crippen molar-refractivity contribution in [3.05, 3.63) is 130 Å². The van der Waals surface area contributed by atoms with E-state index in [0.29, 0.717) is 40.8 Å². The topological polar surface area (TPSA) is 54.8 Å². The summed E-state index contributed by atoms with van der Waals surface area (Å²) in [6.45, 7) is 7.55. The number of rotatable bonds is 21. The van der Waals surface area contributed by atoms with Crippen LogP contribution in [-0.4, -0.2) is 54.7 Å². The summed E-state index contributed by atoms with van der Waals surface area (Å²) < 4.78 is 7.38. The first kappa shape index (κ1) is 40.9. The monoisotopic (exact) mass is 743 g/mol. The average Bonchev–Trinajstić information content (AvgIpc) is 3.15. The number of hydrogen-bond acceptors (Lipinski definition) is 5. The van der Waals surface area contributed by atoms with Gasteiger partial charge in [0.2, 0.25) is 5.91 Å². The summed E-state index contributed by atoms with van der Waals surface area (Å²) in [5.41, 5.74) is 1.29. The van der Waals surface area contributed by atoms with E-state index in [0.717, 1.165) is 95.2 Å². The molecule has 52 heavy (non-hydrogen) atoms. The smallest absolute Gasteiger partial charge is 0.257 e. The molecule has 3 aromatic rings. The van der Waals surface area contributed by atoms with Crippen LogP contribution in [0.1, 0.15) is 82.3 Å². The van der Waals surface area contributed by atoms with Crippen molar-refractivity contribution in [3.63, 3.8) is 0 Å². The van der Waals surface area contributed by atoms with E-state index < -0.39 is 0 Å². The standard InChI is InChI=1S/C44H55Cl2N3O3/c1-2-3-4-5-6-7-8-9-10-11-12-13-14-15-16-17-18-19-25-42(50)49-41-36-38(28-26-37(41)27-29-43(49)51)52-35-21-20-30-47-31-33-48(34-32-47)40-24-22-23-39(45)44(40)46/h4-5,7-8,10-11,13-14,16-17,22-24,26-29,36H,2-3,6,9,12,15,18-21,25,30-35H2,1H3/b5-4-,8-7-,11-10-,14-13-,17-16-. The van der Waals surface area contributed by atoms with Crippen molar-refractivity contribution in [2.75, 3.05) is 44.2 Å². The molecule has 0 unspecified atom stereocenters. The largest absolute Gasteiger partial charge is 0.494 e. The van der Waals surface area contributed by atoms with Crippen LogP contribution in [0, 0.1) is 0 Å². The number of piperazine rings is 1. The van der Waals surface area contributed by atoms with Crippen LogP contribution in [0.5, 0.6) is 5.75 Å². The fourth-order valence-electron chi connectivity index (χ4n) is 6.11. The summed E-state index contributed by atoms with van der Waals surface area (Å²) in [7, 11) is 0. The van der Waals surface area contributed by atoms with Gasteiger partial charge in [-0.05, 0) is 100 Å². The van der Waals surface area contributed by atoms with Gasteiger partial charge in [-0.15, -0.1) is 0 Å². The Morgan fingerprint density at radius 1 is 0.750 bits per heavy atom. The lowest BCUT2D eigenvalue weighted by Crippen LogP contribution is -2.46. The number of ether oxygens (including phenoxy) is 1. The van der Waals surface area contributed by atoms with Gasteiger partial charge < -0.3 is 9.64 Å². The SMILES string of the molecule is CCC/C=C\C/C=C\C/C=C\C/C=C\C/C=C\CCCC(=O)n1c(=O)ccc2ccc(OCCCCN3CCN(c4cccc(Cl)c4Cl)CC3)cc21. The molecule has 0 radical (unpaired) electrons. The first-order valence-electron chi connectivity index (χ1n) is 19.0. The summed E-state index contributed by atoms with van der Waals surface area (Å²) in [6.07, 6.45) is 31.7. The van der Waals surface area contributed by atoms with Gasteiger partial charge in [-0.25, -0.2) is 4.57 Å². The fraction of sp³-hybridized carbons (Fsp3) is 0.409. The molecular weight excluding hydrogens is 689 g/mol. The van der Waals surface area contributed by atoms with E-state index in [1.165, 1.54) is 17.1 Å². The molecule has 0 atom stereocenters. The Morgan fingerprint density at radius 3 is 2.06 bits per heavy atom. The zero-order valence-corrected chi connectivity index (χ0v) is 32.2. The zero-order chi connectivity index (χ0) is 36.8. The van der Waals surface area contributed by atoms with E-state index in [4.69, 9.17) is 27.9 Å². The highest BCUT2D eigenvalue weighted by atomic mass is 35.5. The summed E-state index contributed by atoms with van der Waals surface area (Å²) >= 11 is 12.6. The maximum absolute atomic E-state index is 13.2. The predicted molar refractivity (Wildman–Crippen MR) is 222 cm³/mol. The van der Waals surface area contributed by atoms with Crippen molar-refractivity contribution in [2.45, 2.75) is 77.6 Å². The molecule has 0 N–H and O–H groups in total. The molecule has 1 saturated heterocycles. The third-order valence-electron chi connectivity index (χ3n) is 9.04.